The van der Waals surface area contributed by atoms with E-state index in [-0.39, 0.29) is 6.03 Å². The van der Waals surface area contributed by atoms with Gasteiger partial charge in [0.2, 0.25) is 0 Å². The molecule has 0 bridgehead atoms. The Morgan fingerprint density at radius 1 is 1.30 bits per heavy atom. The van der Waals surface area contributed by atoms with E-state index in [9.17, 15) is 4.79 Å². The minimum atomic E-state index is -0.0746. The van der Waals surface area contributed by atoms with Crippen LogP contribution in [0.5, 0.6) is 0 Å². The molecular formula is C17H22N4OS. The molecule has 2 atom stereocenters. The van der Waals surface area contributed by atoms with Crippen molar-refractivity contribution in [1.29, 1.82) is 0 Å². The summed E-state index contributed by atoms with van der Waals surface area (Å²) < 4.78 is 0. The van der Waals surface area contributed by atoms with Crippen molar-refractivity contribution < 1.29 is 4.79 Å². The van der Waals surface area contributed by atoms with E-state index in [0.717, 1.165) is 29.7 Å². The van der Waals surface area contributed by atoms with E-state index in [1.807, 2.05) is 42.1 Å². The number of rotatable bonds is 5. The van der Waals surface area contributed by atoms with Crippen molar-refractivity contribution in [3.63, 3.8) is 0 Å². The van der Waals surface area contributed by atoms with Crippen molar-refractivity contribution in [1.82, 2.24) is 20.8 Å². The summed E-state index contributed by atoms with van der Waals surface area (Å²) >= 11 is 1.89. The second kappa shape index (κ2) is 7.55. The van der Waals surface area contributed by atoms with Crippen LogP contribution in [0.1, 0.15) is 24.8 Å². The molecule has 0 radical (unpaired) electrons. The minimum absolute atomic E-state index is 0.0746. The molecule has 5 nitrogen and oxygen atoms in total. The van der Waals surface area contributed by atoms with Gasteiger partial charge in [0.15, 0.2) is 0 Å². The zero-order chi connectivity index (χ0) is 16.1. The fourth-order valence-corrected chi connectivity index (χ4v) is 3.72. The van der Waals surface area contributed by atoms with Crippen LogP contribution in [0.3, 0.4) is 0 Å². The molecule has 1 saturated carbocycles. The van der Waals surface area contributed by atoms with E-state index in [2.05, 4.69) is 27.1 Å². The van der Waals surface area contributed by atoms with E-state index in [1.165, 1.54) is 6.42 Å². The Bertz CT molecular complexity index is 627. The number of hydrogen-bond donors (Lipinski definition) is 3. The first-order valence-electron chi connectivity index (χ1n) is 7.90. The number of nitrogens with one attached hydrogen (secondary N) is 3. The number of aromatic nitrogens is 2. The number of urea groups is 1. The first kappa shape index (κ1) is 15.9. The average molecular weight is 330 g/mol. The largest absolute Gasteiger partial charge is 0.335 e. The topological polar surface area (TPSA) is 69.8 Å². The number of aromatic amines is 1. The minimum Gasteiger partial charge on any atom is -0.335 e. The average Bonchev–Trinajstić information content (AvgIpc) is 3.25. The molecule has 1 aliphatic rings. The number of amides is 2. The molecule has 3 N–H and O–H groups in total. The van der Waals surface area contributed by atoms with Gasteiger partial charge in [-0.15, -0.1) is 0 Å². The Hall–Kier alpha value is -1.95. The molecule has 122 valence electrons. The molecule has 2 unspecified atom stereocenters. The van der Waals surface area contributed by atoms with Gasteiger partial charge in [-0.2, -0.15) is 16.9 Å². The van der Waals surface area contributed by atoms with Crippen LogP contribution in [0.15, 0.2) is 36.5 Å². The second-order valence-corrected chi connectivity index (χ2v) is 7.00. The monoisotopic (exact) mass is 330 g/mol. The zero-order valence-electron chi connectivity index (χ0n) is 13.2. The van der Waals surface area contributed by atoms with Crippen LogP contribution >= 0.6 is 11.8 Å². The number of nitrogens with zero attached hydrogens (tertiary/aromatic N) is 1. The number of thioether (sulfide) groups is 1. The van der Waals surface area contributed by atoms with E-state index in [0.29, 0.717) is 17.8 Å². The number of hydrogen-bond acceptors (Lipinski definition) is 3. The third kappa shape index (κ3) is 4.28. The first-order chi connectivity index (χ1) is 11.2. The molecule has 1 aliphatic carbocycles. The fourth-order valence-electron chi connectivity index (χ4n) is 2.92. The van der Waals surface area contributed by atoms with E-state index in [4.69, 9.17) is 0 Å². The van der Waals surface area contributed by atoms with Gasteiger partial charge in [-0.1, -0.05) is 24.3 Å². The highest BCUT2D eigenvalue weighted by Gasteiger charge is 2.24. The highest BCUT2D eigenvalue weighted by atomic mass is 32.2. The Kier molecular flexibility index (Phi) is 5.23. The summed E-state index contributed by atoms with van der Waals surface area (Å²) in [4.78, 5) is 12.0. The SMILES string of the molecule is CSC1CCC(NC(=O)NCc2ccc(-c3ccn[nH]3)cc2)C1. The smallest absolute Gasteiger partial charge is 0.315 e. The molecule has 6 heteroatoms. The highest BCUT2D eigenvalue weighted by molar-refractivity contribution is 7.99. The van der Waals surface area contributed by atoms with Gasteiger partial charge in [-0.25, -0.2) is 4.79 Å². The van der Waals surface area contributed by atoms with Crippen molar-refractivity contribution in [3.8, 4) is 11.3 Å². The fraction of sp³-hybridized carbons (Fsp3) is 0.412. The molecule has 1 aromatic heterocycles. The maximum absolute atomic E-state index is 12.0. The van der Waals surface area contributed by atoms with Gasteiger partial charge in [0.1, 0.15) is 0 Å². The summed E-state index contributed by atoms with van der Waals surface area (Å²) in [6.45, 7) is 0.535. The quantitative estimate of drug-likeness (QED) is 0.789. The number of H-pyrrole nitrogens is 1. The molecule has 1 aromatic carbocycles. The van der Waals surface area contributed by atoms with Gasteiger partial charge >= 0.3 is 6.03 Å². The maximum Gasteiger partial charge on any atom is 0.315 e. The summed E-state index contributed by atoms with van der Waals surface area (Å²) in [5, 5.41) is 13.6. The lowest BCUT2D eigenvalue weighted by Gasteiger charge is -2.14. The van der Waals surface area contributed by atoms with Crippen molar-refractivity contribution in [2.45, 2.75) is 37.1 Å². The van der Waals surface area contributed by atoms with Crippen LogP contribution in [-0.4, -0.2) is 33.8 Å². The molecule has 23 heavy (non-hydrogen) atoms. The summed E-state index contributed by atoms with van der Waals surface area (Å²) in [6, 6.07) is 10.3. The molecule has 2 amide bonds. The summed E-state index contributed by atoms with van der Waals surface area (Å²) in [5.41, 5.74) is 3.16. The number of carbonyl (C=O) groups is 1. The zero-order valence-corrected chi connectivity index (χ0v) is 14.0. The van der Waals surface area contributed by atoms with Gasteiger partial charge in [-0.3, -0.25) is 5.10 Å². The van der Waals surface area contributed by atoms with Crippen molar-refractivity contribution >= 4 is 17.8 Å². The third-order valence-corrected chi connectivity index (χ3v) is 5.37. The Morgan fingerprint density at radius 3 is 2.78 bits per heavy atom. The van der Waals surface area contributed by atoms with Crippen LogP contribution in [0.4, 0.5) is 4.79 Å². The number of carbonyl (C=O) groups excluding carboxylic acids is 1. The van der Waals surface area contributed by atoms with Gasteiger partial charge in [0.05, 0.1) is 5.69 Å². The lowest BCUT2D eigenvalue weighted by molar-refractivity contribution is 0.236. The lowest BCUT2D eigenvalue weighted by atomic mass is 10.1. The van der Waals surface area contributed by atoms with Gasteiger partial charge in [0, 0.05) is 24.0 Å². The molecule has 0 saturated heterocycles. The van der Waals surface area contributed by atoms with Crippen LogP contribution in [-0.2, 0) is 6.54 Å². The Labute approximate surface area is 140 Å². The molecule has 0 aliphatic heterocycles. The molecule has 0 spiro atoms. The van der Waals surface area contributed by atoms with Crippen LogP contribution < -0.4 is 10.6 Å². The lowest BCUT2D eigenvalue weighted by Crippen LogP contribution is -2.40. The van der Waals surface area contributed by atoms with Crippen LogP contribution in [0.2, 0.25) is 0 Å². The second-order valence-electron chi connectivity index (χ2n) is 5.86. The van der Waals surface area contributed by atoms with E-state index in [1.54, 1.807) is 6.20 Å². The molecule has 2 aromatic rings. The standard InChI is InChI=1S/C17H22N4OS/c1-23-15-7-6-14(10-15)20-17(22)18-11-12-2-4-13(5-3-12)16-8-9-19-21-16/h2-5,8-9,14-15H,6-7,10-11H2,1H3,(H,19,21)(H2,18,20,22). The van der Waals surface area contributed by atoms with E-state index < -0.39 is 0 Å². The third-order valence-electron chi connectivity index (χ3n) is 4.27. The predicted molar refractivity (Wildman–Crippen MR) is 94.3 cm³/mol. The Morgan fingerprint density at radius 2 is 2.13 bits per heavy atom. The molecule has 1 fully saturated rings. The Balaban J connectivity index is 1.46. The highest BCUT2D eigenvalue weighted by Crippen LogP contribution is 2.28. The molecular weight excluding hydrogens is 308 g/mol. The van der Waals surface area contributed by atoms with E-state index >= 15 is 0 Å². The first-order valence-corrected chi connectivity index (χ1v) is 9.19. The van der Waals surface area contributed by atoms with Crippen molar-refractivity contribution in [3.05, 3.63) is 42.1 Å². The summed E-state index contributed by atoms with van der Waals surface area (Å²) in [7, 11) is 0. The molecule has 3 rings (SSSR count). The number of benzene rings is 1. The summed E-state index contributed by atoms with van der Waals surface area (Å²) in [5.74, 6) is 0. The van der Waals surface area contributed by atoms with Crippen molar-refractivity contribution in [2.75, 3.05) is 6.26 Å². The van der Waals surface area contributed by atoms with Gasteiger partial charge < -0.3 is 10.6 Å². The summed E-state index contributed by atoms with van der Waals surface area (Å²) in [6.07, 6.45) is 7.23. The maximum atomic E-state index is 12.0. The van der Waals surface area contributed by atoms with Crippen LogP contribution in [0, 0.1) is 0 Å². The van der Waals surface area contributed by atoms with Gasteiger partial charge in [0.25, 0.3) is 0 Å². The predicted octanol–water partition coefficient (Wildman–Crippen LogP) is 3.16. The van der Waals surface area contributed by atoms with Crippen molar-refractivity contribution in [2.24, 2.45) is 0 Å². The molecule has 1 heterocycles. The van der Waals surface area contributed by atoms with Crippen LogP contribution in [0.25, 0.3) is 11.3 Å². The van der Waals surface area contributed by atoms with Gasteiger partial charge in [-0.05, 0) is 42.7 Å². The normalized spacial score (nSPS) is 20.4.